The number of ether oxygens (including phenoxy) is 1. The number of carbonyl (C=O) groups excluding carboxylic acids is 1. The summed E-state index contributed by atoms with van der Waals surface area (Å²) in [7, 11) is -3.74. The van der Waals surface area contributed by atoms with Crippen molar-refractivity contribution in [1.29, 1.82) is 0 Å². The summed E-state index contributed by atoms with van der Waals surface area (Å²) in [6.45, 7) is 3.94. The number of hydrogen-bond acceptors (Lipinski definition) is 4. The van der Waals surface area contributed by atoms with Gasteiger partial charge in [0.25, 0.3) is 0 Å². The minimum Gasteiger partial charge on any atom is -0.491 e. The number of aryl methyl sites for hydroxylation is 2. The van der Waals surface area contributed by atoms with Gasteiger partial charge in [-0.2, -0.15) is 0 Å². The highest BCUT2D eigenvalue weighted by atomic mass is 32.2. The lowest BCUT2D eigenvalue weighted by Crippen LogP contribution is -2.41. The lowest BCUT2D eigenvalue weighted by molar-refractivity contribution is -0.119. The minimum atomic E-state index is -3.74. The molecule has 146 valence electrons. The highest BCUT2D eigenvalue weighted by Crippen LogP contribution is 2.19. The molecule has 0 spiro atoms. The molecule has 0 fully saturated rings. The molecule has 0 radical (unpaired) electrons. The zero-order valence-corrected chi connectivity index (χ0v) is 16.3. The number of hydrogen-bond donors (Lipinski definition) is 1. The summed E-state index contributed by atoms with van der Waals surface area (Å²) < 4.78 is 43.8. The first kappa shape index (κ1) is 20.7. The van der Waals surface area contributed by atoms with Crippen LogP contribution >= 0.6 is 0 Å². The van der Waals surface area contributed by atoms with Gasteiger partial charge >= 0.3 is 0 Å². The molecule has 0 atom stereocenters. The quantitative estimate of drug-likeness (QED) is 0.698. The van der Waals surface area contributed by atoms with Gasteiger partial charge in [-0.05, 0) is 43.7 Å². The summed E-state index contributed by atoms with van der Waals surface area (Å²) in [6, 6.07) is 10.9. The van der Waals surface area contributed by atoms with Gasteiger partial charge in [0.2, 0.25) is 15.9 Å². The van der Waals surface area contributed by atoms with E-state index in [1.54, 1.807) is 0 Å². The van der Waals surface area contributed by atoms with Crippen molar-refractivity contribution in [3.63, 3.8) is 0 Å². The standard InChI is InChI=1S/C19H23FN2O4S/c1-14-7-8-18(15(2)11-14)26-10-9-21-19(23)13-22(27(3,24)25)17-6-4-5-16(20)12-17/h4-8,11-12H,9-10,13H2,1-3H3,(H,21,23). The maximum absolute atomic E-state index is 13.4. The molecule has 0 heterocycles. The summed E-state index contributed by atoms with van der Waals surface area (Å²) >= 11 is 0. The zero-order valence-electron chi connectivity index (χ0n) is 15.5. The SMILES string of the molecule is Cc1ccc(OCCNC(=O)CN(c2cccc(F)c2)S(C)(=O)=O)c(C)c1. The molecule has 0 saturated heterocycles. The predicted octanol–water partition coefficient (Wildman–Crippen LogP) is 2.40. The molecule has 1 amide bonds. The van der Waals surface area contributed by atoms with Gasteiger partial charge in [0.15, 0.2) is 0 Å². The molecule has 1 N–H and O–H groups in total. The van der Waals surface area contributed by atoms with Gasteiger partial charge in [0, 0.05) is 0 Å². The maximum atomic E-state index is 13.4. The largest absolute Gasteiger partial charge is 0.491 e. The normalized spacial score (nSPS) is 11.1. The third kappa shape index (κ3) is 6.25. The summed E-state index contributed by atoms with van der Waals surface area (Å²) in [6.07, 6.45) is 0.967. The molecule has 0 saturated carbocycles. The van der Waals surface area contributed by atoms with E-state index >= 15 is 0 Å². The van der Waals surface area contributed by atoms with E-state index in [4.69, 9.17) is 4.74 Å². The van der Waals surface area contributed by atoms with Gasteiger partial charge in [-0.3, -0.25) is 9.10 Å². The number of amides is 1. The Balaban J connectivity index is 1.90. The van der Waals surface area contributed by atoms with Crippen molar-refractivity contribution in [1.82, 2.24) is 5.32 Å². The molecule has 6 nitrogen and oxygen atoms in total. The van der Waals surface area contributed by atoms with Crippen LogP contribution in [-0.4, -0.2) is 40.3 Å². The molecular formula is C19H23FN2O4S. The summed E-state index contributed by atoms with van der Waals surface area (Å²) in [4.78, 5) is 12.1. The van der Waals surface area contributed by atoms with E-state index in [0.29, 0.717) is 0 Å². The van der Waals surface area contributed by atoms with Gasteiger partial charge in [0.05, 0.1) is 18.5 Å². The molecule has 27 heavy (non-hydrogen) atoms. The van der Waals surface area contributed by atoms with Gasteiger partial charge in [-0.15, -0.1) is 0 Å². The lowest BCUT2D eigenvalue weighted by atomic mass is 10.1. The van der Waals surface area contributed by atoms with Crippen LogP contribution in [0.2, 0.25) is 0 Å². The Morgan fingerprint density at radius 2 is 1.93 bits per heavy atom. The number of halogens is 1. The Hall–Kier alpha value is -2.61. The third-order valence-corrected chi connectivity index (χ3v) is 4.94. The monoisotopic (exact) mass is 394 g/mol. The molecule has 8 heteroatoms. The first-order valence-electron chi connectivity index (χ1n) is 8.37. The minimum absolute atomic E-state index is 0.0965. The van der Waals surface area contributed by atoms with Crippen molar-refractivity contribution in [2.75, 3.05) is 30.3 Å². The van der Waals surface area contributed by atoms with Gasteiger partial charge in [0.1, 0.15) is 24.7 Å². The van der Waals surface area contributed by atoms with E-state index in [1.165, 1.54) is 18.2 Å². The van der Waals surface area contributed by atoms with Crippen molar-refractivity contribution in [3.8, 4) is 5.75 Å². The third-order valence-electron chi connectivity index (χ3n) is 3.80. The lowest BCUT2D eigenvalue weighted by Gasteiger charge is -2.22. The predicted molar refractivity (Wildman–Crippen MR) is 103 cm³/mol. The summed E-state index contributed by atoms with van der Waals surface area (Å²) in [5, 5.41) is 2.61. The van der Waals surface area contributed by atoms with Crippen LogP contribution < -0.4 is 14.4 Å². The molecule has 0 unspecified atom stereocenters. The highest BCUT2D eigenvalue weighted by molar-refractivity contribution is 7.92. The van der Waals surface area contributed by atoms with Gasteiger partial charge in [-0.25, -0.2) is 12.8 Å². The van der Waals surface area contributed by atoms with Gasteiger partial charge in [-0.1, -0.05) is 23.8 Å². The molecule has 0 aliphatic carbocycles. The van der Waals surface area contributed by atoms with Crippen LogP contribution in [0.4, 0.5) is 10.1 Å². The fourth-order valence-electron chi connectivity index (χ4n) is 2.53. The van der Waals surface area contributed by atoms with E-state index in [9.17, 15) is 17.6 Å². The second-order valence-corrected chi connectivity index (χ2v) is 8.12. The van der Waals surface area contributed by atoms with Crippen LogP contribution in [0.15, 0.2) is 42.5 Å². The van der Waals surface area contributed by atoms with Crippen molar-refractivity contribution in [3.05, 3.63) is 59.4 Å². The molecule has 2 aromatic carbocycles. The molecule has 0 bridgehead atoms. The number of anilines is 1. The number of sulfonamides is 1. The summed E-state index contributed by atoms with van der Waals surface area (Å²) in [5.74, 6) is -0.357. The van der Waals surface area contributed by atoms with Crippen LogP contribution in [-0.2, 0) is 14.8 Å². The van der Waals surface area contributed by atoms with Crippen LogP contribution in [0.3, 0.4) is 0 Å². The molecule has 0 aliphatic rings. The molecule has 0 aromatic heterocycles. The van der Waals surface area contributed by atoms with E-state index in [2.05, 4.69) is 5.32 Å². The van der Waals surface area contributed by atoms with Crippen LogP contribution in [0.5, 0.6) is 5.75 Å². The average molecular weight is 394 g/mol. The van der Waals surface area contributed by atoms with E-state index < -0.39 is 28.3 Å². The second kappa shape index (κ2) is 8.85. The topological polar surface area (TPSA) is 75.7 Å². The van der Waals surface area contributed by atoms with Crippen LogP contribution in [0.1, 0.15) is 11.1 Å². The molecule has 2 aromatic rings. The Morgan fingerprint density at radius 3 is 2.56 bits per heavy atom. The van der Waals surface area contributed by atoms with E-state index in [0.717, 1.165) is 33.5 Å². The first-order valence-corrected chi connectivity index (χ1v) is 10.2. The average Bonchev–Trinajstić information content (AvgIpc) is 2.57. The maximum Gasteiger partial charge on any atom is 0.240 e. The van der Waals surface area contributed by atoms with E-state index in [-0.39, 0.29) is 18.8 Å². The van der Waals surface area contributed by atoms with Crippen LogP contribution in [0, 0.1) is 19.7 Å². The number of nitrogens with zero attached hydrogens (tertiary/aromatic N) is 1. The Morgan fingerprint density at radius 1 is 1.19 bits per heavy atom. The number of carbonyl (C=O) groups is 1. The Labute approximate surface area is 159 Å². The summed E-state index contributed by atoms with van der Waals surface area (Å²) in [5.41, 5.74) is 2.22. The molecule has 0 aliphatic heterocycles. The van der Waals surface area contributed by atoms with Crippen molar-refractivity contribution < 1.29 is 22.3 Å². The fraction of sp³-hybridized carbons (Fsp3) is 0.316. The van der Waals surface area contributed by atoms with Crippen molar-refractivity contribution in [2.45, 2.75) is 13.8 Å². The van der Waals surface area contributed by atoms with E-state index in [1.807, 2.05) is 32.0 Å². The van der Waals surface area contributed by atoms with Gasteiger partial charge < -0.3 is 10.1 Å². The first-order chi connectivity index (χ1) is 12.7. The number of benzene rings is 2. The highest BCUT2D eigenvalue weighted by Gasteiger charge is 2.21. The second-order valence-electron chi connectivity index (χ2n) is 6.22. The Bertz CT molecular complexity index is 916. The molecule has 2 rings (SSSR count). The zero-order chi connectivity index (χ0) is 20.0. The molecular weight excluding hydrogens is 371 g/mol. The Kier molecular flexibility index (Phi) is 6.79. The fourth-order valence-corrected chi connectivity index (χ4v) is 3.38. The van der Waals surface area contributed by atoms with Crippen molar-refractivity contribution >= 4 is 21.6 Å². The van der Waals surface area contributed by atoms with Crippen LogP contribution in [0.25, 0.3) is 0 Å². The van der Waals surface area contributed by atoms with Crippen molar-refractivity contribution in [2.24, 2.45) is 0 Å². The smallest absolute Gasteiger partial charge is 0.240 e. The number of nitrogens with one attached hydrogen (secondary N) is 1. The number of rotatable bonds is 8.